The number of nitrogens with two attached hydrogens (primary N) is 1. The highest BCUT2D eigenvalue weighted by Crippen LogP contribution is 2.31. The molecule has 1 aromatic rings. The summed E-state index contributed by atoms with van der Waals surface area (Å²) in [7, 11) is 1.63. The van der Waals surface area contributed by atoms with Gasteiger partial charge >= 0.3 is 5.97 Å². The van der Waals surface area contributed by atoms with Gasteiger partial charge in [-0.15, -0.1) is 0 Å². The second-order valence-corrected chi connectivity index (χ2v) is 4.96. The smallest absolute Gasteiger partial charge is 0.338 e. The molecule has 0 spiro atoms. The summed E-state index contributed by atoms with van der Waals surface area (Å²) in [4.78, 5) is 25.6. The van der Waals surface area contributed by atoms with Crippen LogP contribution in [0.15, 0.2) is 18.2 Å². The Morgan fingerprint density at radius 3 is 2.86 bits per heavy atom. The molecule has 1 saturated heterocycles. The van der Waals surface area contributed by atoms with Gasteiger partial charge < -0.3 is 20.7 Å². The third-order valence-electron chi connectivity index (χ3n) is 3.65. The van der Waals surface area contributed by atoms with Crippen LogP contribution in [0.1, 0.15) is 30.1 Å². The molecule has 1 atom stereocenters. The maximum Gasteiger partial charge on any atom is 0.338 e. The molecule has 6 nitrogen and oxygen atoms in total. The molecule has 0 aliphatic carbocycles. The van der Waals surface area contributed by atoms with Gasteiger partial charge in [0.25, 0.3) is 0 Å². The Hall–Kier alpha value is -2.24. The van der Waals surface area contributed by atoms with Crippen molar-refractivity contribution in [1.82, 2.24) is 5.32 Å². The zero-order chi connectivity index (χ0) is 15.4. The predicted molar refractivity (Wildman–Crippen MR) is 81.2 cm³/mol. The van der Waals surface area contributed by atoms with Crippen LogP contribution in [0.4, 0.5) is 11.4 Å². The van der Waals surface area contributed by atoms with Crippen molar-refractivity contribution in [3.05, 3.63) is 23.8 Å². The Bertz CT molecular complexity index is 545. The molecule has 0 radical (unpaired) electrons. The van der Waals surface area contributed by atoms with Crippen LogP contribution in [0.3, 0.4) is 0 Å². The van der Waals surface area contributed by atoms with Crippen LogP contribution in [0, 0.1) is 0 Å². The number of rotatable bonds is 4. The number of nitrogens with one attached hydrogen (secondary N) is 1. The first-order chi connectivity index (χ1) is 10.1. The molecule has 1 heterocycles. The van der Waals surface area contributed by atoms with Gasteiger partial charge in [-0.25, -0.2) is 4.79 Å². The third kappa shape index (κ3) is 3.09. The van der Waals surface area contributed by atoms with Crippen molar-refractivity contribution in [1.29, 1.82) is 0 Å². The van der Waals surface area contributed by atoms with E-state index in [2.05, 4.69) is 5.32 Å². The van der Waals surface area contributed by atoms with Crippen molar-refractivity contribution in [3.8, 4) is 0 Å². The molecule has 0 saturated carbocycles. The number of ether oxygens (including phenoxy) is 1. The standard InChI is InChI=1S/C15H21N3O3/c1-3-21-15(20)10-6-7-12(11(16)9-10)18-8-4-5-13(18)14(19)17-2/h6-7,9,13H,3-5,8,16H2,1-2H3,(H,17,19). The lowest BCUT2D eigenvalue weighted by atomic mass is 10.1. The van der Waals surface area contributed by atoms with E-state index in [1.54, 1.807) is 32.2 Å². The van der Waals surface area contributed by atoms with Crippen molar-refractivity contribution in [2.75, 3.05) is 30.8 Å². The fraction of sp³-hybridized carbons (Fsp3) is 0.467. The van der Waals surface area contributed by atoms with E-state index in [1.165, 1.54) is 0 Å². The van der Waals surface area contributed by atoms with Crippen molar-refractivity contribution >= 4 is 23.3 Å². The first-order valence-corrected chi connectivity index (χ1v) is 7.13. The lowest BCUT2D eigenvalue weighted by molar-refractivity contribution is -0.121. The minimum Gasteiger partial charge on any atom is -0.462 e. The Labute approximate surface area is 124 Å². The summed E-state index contributed by atoms with van der Waals surface area (Å²) in [6.07, 6.45) is 1.75. The van der Waals surface area contributed by atoms with E-state index in [9.17, 15) is 9.59 Å². The maximum absolute atomic E-state index is 11.9. The monoisotopic (exact) mass is 291 g/mol. The lowest BCUT2D eigenvalue weighted by Gasteiger charge is -2.26. The molecular formula is C15H21N3O3. The number of carbonyl (C=O) groups is 2. The summed E-state index contributed by atoms with van der Waals surface area (Å²) in [5.74, 6) is -0.401. The highest BCUT2D eigenvalue weighted by molar-refractivity contribution is 5.93. The average Bonchev–Trinajstić information content (AvgIpc) is 2.95. The van der Waals surface area contributed by atoms with Crippen molar-refractivity contribution in [3.63, 3.8) is 0 Å². The molecule has 1 aliphatic heterocycles. The fourth-order valence-electron chi connectivity index (χ4n) is 2.65. The van der Waals surface area contributed by atoms with Crippen LogP contribution in [0.25, 0.3) is 0 Å². The first kappa shape index (κ1) is 15.2. The van der Waals surface area contributed by atoms with Gasteiger partial charge in [0.1, 0.15) is 6.04 Å². The van der Waals surface area contributed by atoms with Gasteiger partial charge in [0.15, 0.2) is 0 Å². The number of esters is 1. The van der Waals surface area contributed by atoms with E-state index < -0.39 is 0 Å². The van der Waals surface area contributed by atoms with Gasteiger partial charge in [0.2, 0.25) is 5.91 Å². The highest BCUT2D eigenvalue weighted by Gasteiger charge is 2.31. The molecular weight excluding hydrogens is 270 g/mol. The number of benzene rings is 1. The number of amides is 1. The summed E-state index contributed by atoms with van der Waals surface area (Å²) in [6.45, 7) is 2.86. The molecule has 114 valence electrons. The summed E-state index contributed by atoms with van der Waals surface area (Å²) in [6, 6.07) is 4.86. The van der Waals surface area contributed by atoms with Crippen LogP contribution < -0.4 is 16.0 Å². The number of nitrogen functional groups attached to an aromatic ring is 1. The van der Waals surface area contributed by atoms with Crippen LogP contribution in [-0.2, 0) is 9.53 Å². The second kappa shape index (κ2) is 6.47. The largest absolute Gasteiger partial charge is 0.462 e. The van der Waals surface area contributed by atoms with E-state index in [-0.39, 0.29) is 17.9 Å². The van der Waals surface area contributed by atoms with Gasteiger partial charge in [0.05, 0.1) is 23.5 Å². The quantitative estimate of drug-likeness (QED) is 0.642. The first-order valence-electron chi connectivity index (χ1n) is 7.13. The number of hydrogen-bond donors (Lipinski definition) is 2. The predicted octanol–water partition coefficient (Wildman–Crippen LogP) is 1.16. The average molecular weight is 291 g/mol. The summed E-state index contributed by atoms with van der Waals surface area (Å²) < 4.78 is 4.95. The van der Waals surface area contributed by atoms with Gasteiger partial charge in [-0.05, 0) is 38.0 Å². The number of nitrogens with zero attached hydrogens (tertiary/aromatic N) is 1. The van der Waals surface area contributed by atoms with Gasteiger partial charge in [-0.3, -0.25) is 4.79 Å². The van der Waals surface area contributed by atoms with Crippen molar-refractivity contribution in [2.45, 2.75) is 25.8 Å². The van der Waals surface area contributed by atoms with E-state index in [0.29, 0.717) is 17.9 Å². The molecule has 1 amide bonds. The second-order valence-electron chi connectivity index (χ2n) is 4.96. The van der Waals surface area contributed by atoms with Gasteiger partial charge in [-0.2, -0.15) is 0 Å². The number of carbonyl (C=O) groups excluding carboxylic acids is 2. The van der Waals surface area contributed by atoms with Crippen LogP contribution in [0.2, 0.25) is 0 Å². The zero-order valence-corrected chi connectivity index (χ0v) is 12.4. The van der Waals surface area contributed by atoms with Gasteiger partial charge in [0, 0.05) is 13.6 Å². The summed E-state index contributed by atoms with van der Waals surface area (Å²) in [5.41, 5.74) is 7.75. The molecule has 6 heteroatoms. The summed E-state index contributed by atoms with van der Waals surface area (Å²) >= 11 is 0. The topological polar surface area (TPSA) is 84.7 Å². The van der Waals surface area contributed by atoms with Crippen molar-refractivity contribution in [2.24, 2.45) is 0 Å². The molecule has 21 heavy (non-hydrogen) atoms. The molecule has 0 aromatic heterocycles. The van der Waals surface area contributed by atoms with Crippen LogP contribution in [-0.4, -0.2) is 38.1 Å². The minimum absolute atomic E-state index is 0.0126. The Balaban J connectivity index is 2.24. The fourth-order valence-corrected chi connectivity index (χ4v) is 2.65. The Morgan fingerprint density at radius 1 is 1.48 bits per heavy atom. The molecule has 2 rings (SSSR count). The molecule has 1 unspecified atom stereocenters. The number of likely N-dealkylation sites (N-methyl/N-ethyl adjacent to an activating group) is 1. The minimum atomic E-state index is -0.389. The number of anilines is 2. The Kier molecular flexibility index (Phi) is 4.67. The van der Waals surface area contributed by atoms with Crippen LogP contribution in [0.5, 0.6) is 0 Å². The number of hydrogen-bond acceptors (Lipinski definition) is 5. The van der Waals surface area contributed by atoms with Crippen LogP contribution >= 0.6 is 0 Å². The third-order valence-corrected chi connectivity index (χ3v) is 3.65. The van der Waals surface area contributed by atoms with Gasteiger partial charge in [-0.1, -0.05) is 0 Å². The Morgan fingerprint density at radius 2 is 2.24 bits per heavy atom. The molecule has 3 N–H and O–H groups in total. The van der Waals surface area contributed by atoms with E-state index in [0.717, 1.165) is 25.1 Å². The lowest BCUT2D eigenvalue weighted by Crippen LogP contribution is -2.42. The zero-order valence-electron chi connectivity index (χ0n) is 12.4. The molecule has 1 fully saturated rings. The van der Waals surface area contributed by atoms with Crippen molar-refractivity contribution < 1.29 is 14.3 Å². The molecule has 1 aromatic carbocycles. The van der Waals surface area contributed by atoms with E-state index >= 15 is 0 Å². The summed E-state index contributed by atoms with van der Waals surface area (Å²) in [5, 5.41) is 2.68. The molecule has 0 bridgehead atoms. The maximum atomic E-state index is 11.9. The highest BCUT2D eigenvalue weighted by atomic mass is 16.5. The SMILES string of the molecule is CCOC(=O)c1ccc(N2CCCC2C(=O)NC)c(N)c1. The van der Waals surface area contributed by atoms with E-state index in [1.807, 2.05) is 4.90 Å². The normalized spacial score (nSPS) is 17.6. The molecule has 1 aliphatic rings. The van der Waals surface area contributed by atoms with E-state index in [4.69, 9.17) is 10.5 Å².